The van der Waals surface area contributed by atoms with Crippen molar-refractivity contribution in [2.45, 2.75) is 52.6 Å². The van der Waals surface area contributed by atoms with E-state index < -0.39 is 11.7 Å². The largest absolute Gasteiger partial charge is 0.494 e. The number of nitrogens with one attached hydrogen (secondary N) is 2. The van der Waals surface area contributed by atoms with E-state index in [0.717, 1.165) is 18.6 Å². The molecular formula is C19H30N2O4. The van der Waals surface area contributed by atoms with Crippen molar-refractivity contribution < 1.29 is 19.1 Å². The van der Waals surface area contributed by atoms with Crippen LogP contribution >= 0.6 is 0 Å². The molecule has 1 rings (SSSR count). The average Bonchev–Trinajstić information content (AvgIpc) is 2.50. The van der Waals surface area contributed by atoms with E-state index in [2.05, 4.69) is 10.6 Å². The minimum atomic E-state index is -0.535. The van der Waals surface area contributed by atoms with Crippen LogP contribution in [0.5, 0.6) is 5.75 Å². The van der Waals surface area contributed by atoms with Gasteiger partial charge in [0.2, 0.25) is 5.91 Å². The molecule has 0 saturated heterocycles. The van der Waals surface area contributed by atoms with Crippen LogP contribution in [-0.4, -0.2) is 37.3 Å². The highest BCUT2D eigenvalue weighted by atomic mass is 16.6. The summed E-state index contributed by atoms with van der Waals surface area (Å²) in [5.41, 5.74) is 0.670. The zero-order valence-electron chi connectivity index (χ0n) is 15.7. The summed E-state index contributed by atoms with van der Waals surface area (Å²) in [4.78, 5) is 23.1. The zero-order valence-corrected chi connectivity index (χ0v) is 15.7. The minimum absolute atomic E-state index is 0.0875. The predicted molar refractivity (Wildman–Crippen MR) is 97.8 cm³/mol. The standard InChI is InChI=1S/C19H30N2O4/c1-15-7-9-16(10-8-15)24-14-6-5-12-20-17(22)11-13-21-18(23)25-19(2,3)4/h7-10H,5-6,11-14H2,1-4H3,(H,20,22)(H,21,23). The molecular weight excluding hydrogens is 320 g/mol. The highest BCUT2D eigenvalue weighted by molar-refractivity contribution is 5.76. The topological polar surface area (TPSA) is 76.7 Å². The van der Waals surface area contributed by atoms with E-state index in [0.29, 0.717) is 13.2 Å². The lowest BCUT2D eigenvalue weighted by molar-refractivity contribution is -0.120. The first-order valence-electron chi connectivity index (χ1n) is 8.69. The Morgan fingerprint density at radius 3 is 2.32 bits per heavy atom. The molecule has 0 spiro atoms. The second-order valence-electron chi connectivity index (χ2n) is 6.90. The summed E-state index contributed by atoms with van der Waals surface area (Å²) in [7, 11) is 0. The Balaban J connectivity index is 2.00. The van der Waals surface area contributed by atoms with Crippen molar-refractivity contribution >= 4 is 12.0 Å². The molecule has 140 valence electrons. The van der Waals surface area contributed by atoms with Gasteiger partial charge in [-0.3, -0.25) is 4.79 Å². The van der Waals surface area contributed by atoms with Crippen LogP contribution in [0.3, 0.4) is 0 Å². The number of alkyl carbamates (subject to hydrolysis) is 1. The van der Waals surface area contributed by atoms with Gasteiger partial charge < -0.3 is 20.1 Å². The van der Waals surface area contributed by atoms with E-state index in [1.54, 1.807) is 20.8 Å². The Morgan fingerprint density at radius 2 is 1.68 bits per heavy atom. The molecule has 6 nitrogen and oxygen atoms in total. The van der Waals surface area contributed by atoms with Crippen molar-refractivity contribution in [1.82, 2.24) is 10.6 Å². The number of hydrogen-bond donors (Lipinski definition) is 2. The van der Waals surface area contributed by atoms with Gasteiger partial charge in [-0.1, -0.05) is 17.7 Å². The normalized spacial score (nSPS) is 10.9. The second-order valence-corrected chi connectivity index (χ2v) is 6.90. The fourth-order valence-electron chi connectivity index (χ4n) is 1.96. The van der Waals surface area contributed by atoms with E-state index in [1.165, 1.54) is 5.56 Å². The van der Waals surface area contributed by atoms with Crippen LogP contribution < -0.4 is 15.4 Å². The summed E-state index contributed by atoms with van der Waals surface area (Å²) in [5, 5.41) is 5.39. The van der Waals surface area contributed by atoms with E-state index in [-0.39, 0.29) is 18.9 Å². The van der Waals surface area contributed by atoms with Gasteiger partial charge in [0.1, 0.15) is 11.4 Å². The molecule has 0 aliphatic heterocycles. The Morgan fingerprint density at radius 1 is 1.00 bits per heavy atom. The second kappa shape index (κ2) is 10.6. The first-order valence-corrected chi connectivity index (χ1v) is 8.69. The first-order chi connectivity index (χ1) is 11.8. The van der Waals surface area contributed by atoms with E-state index in [9.17, 15) is 9.59 Å². The molecule has 0 atom stereocenters. The van der Waals surface area contributed by atoms with Gasteiger partial charge in [0, 0.05) is 19.5 Å². The quantitative estimate of drug-likeness (QED) is 0.671. The third-order valence-electron chi connectivity index (χ3n) is 3.20. The SMILES string of the molecule is Cc1ccc(OCCCCNC(=O)CCNC(=O)OC(C)(C)C)cc1. The lowest BCUT2D eigenvalue weighted by atomic mass is 10.2. The molecule has 0 aromatic heterocycles. The number of ether oxygens (including phenoxy) is 2. The van der Waals surface area contributed by atoms with Gasteiger partial charge in [-0.15, -0.1) is 0 Å². The van der Waals surface area contributed by atoms with Gasteiger partial charge in [0.15, 0.2) is 0 Å². The summed E-state index contributed by atoms with van der Waals surface area (Å²) < 4.78 is 10.7. The van der Waals surface area contributed by atoms with Crippen molar-refractivity contribution in [1.29, 1.82) is 0 Å². The molecule has 0 bridgehead atoms. The summed E-state index contributed by atoms with van der Waals surface area (Å²) >= 11 is 0. The van der Waals surface area contributed by atoms with Gasteiger partial charge in [-0.25, -0.2) is 4.79 Å². The van der Waals surface area contributed by atoms with Crippen LogP contribution in [0.15, 0.2) is 24.3 Å². The lowest BCUT2D eigenvalue weighted by Crippen LogP contribution is -2.35. The van der Waals surface area contributed by atoms with Crippen LogP contribution in [0.1, 0.15) is 45.6 Å². The molecule has 1 aromatic carbocycles. The maximum atomic E-state index is 11.7. The maximum absolute atomic E-state index is 11.7. The van der Waals surface area contributed by atoms with Crippen LogP contribution in [-0.2, 0) is 9.53 Å². The number of hydrogen-bond acceptors (Lipinski definition) is 4. The molecule has 25 heavy (non-hydrogen) atoms. The van der Waals surface area contributed by atoms with Gasteiger partial charge in [0.25, 0.3) is 0 Å². The zero-order chi connectivity index (χ0) is 18.7. The number of carbonyl (C=O) groups is 2. The predicted octanol–water partition coefficient (Wildman–Crippen LogP) is 3.19. The molecule has 0 saturated carbocycles. The summed E-state index contributed by atoms with van der Waals surface area (Å²) in [6.45, 7) is 8.90. The van der Waals surface area contributed by atoms with Crippen molar-refractivity contribution in [3.63, 3.8) is 0 Å². The average molecular weight is 350 g/mol. The summed E-state index contributed by atoms with van der Waals surface area (Å²) in [6.07, 6.45) is 1.44. The lowest BCUT2D eigenvalue weighted by Gasteiger charge is -2.19. The highest BCUT2D eigenvalue weighted by Gasteiger charge is 2.15. The molecule has 0 radical (unpaired) electrons. The molecule has 0 fully saturated rings. The number of rotatable bonds is 9. The number of carbonyl (C=O) groups excluding carboxylic acids is 2. The van der Waals surface area contributed by atoms with E-state index in [1.807, 2.05) is 31.2 Å². The van der Waals surface area contributed by atoms with Crippen molar-refractivity contribution in [2.24, 2.45) is 0 Å². The maximum Gasteiger partial charge on any atom is 0.407 e. The smallest absolute Gasteiger partial charge is 0.407 e. The molecule has 6 heteroatoms. The monoisotopic (exact) mass is 350 g/mol. The highest BCUT2D eigenvalue weighted by Crippen LogP contribution is 2.11. The molecule has 0 aliphatic rings. The Bertz CT molecular complexity index is 535. The third-order valence-corrected chi connectivity index (χ3v) is 3.20. The Kier molecular flexibility index (Phi) is 8.81. The molecule has 2 N–H and O–H groups in total. The van der Waals surface area contributed by atoms with Crippen LogP contribution in [0.25, 0.3) is 0 Å². The number of amides is 2. The molecule has 2 amide bonds. The third kappa shape index (κ3) is 11.0. The molecule has 0 heterocycles. The Hall–Kier alpha value is -2.24. The number of unbranched alkanes of at least 4 members (excludes halogenated alkanes) is 1. The van der Waals surface area contributed by atoms with Gasteiger partial charge in [-0.05, 0) is 52.7 Å². The van der Waals surface area contributed by atoms with Crippen molar-refractivity contribution in [3.05, 3.63) is 29.8 Å². The molecule has 0 unspecified atom stereocenters. The minimum Gasteiger partial charge on any atom is -0.494 e. The Labute approximate surface area is 150 Å². The molecule has 0 aliphatic carbocycles. The van der Waals surface area contributed by atoms with E-state index >= 15 is 0 Å². The fourth-order valence-corrected chi connectivity index (χ4v) is 1.96. The van der Waals surface area contributed by atoms with Gasteiger partial charge in [-0.2, -0.15) is 0 Å². The molecule has 1 aromatic rings. The summed E-state index contributed by atoms with van der Waals surface area (Å²) in [6, 6.07) is 7.94. The number of aryl methyl sites for hydroxylation is 1. The summed E-state index contributed by atoms with van der Waals surface area (Å²) in [5.74, 6) is 0.776. The fraction of sp³-hybridized carbons (Fsp3) is 0.579. The van der Waals surface area contributed by atoms with Gasteiger partial charge >= 0.3 is 6.09 Å². The van der Waals surface area contributed by atoms with Crippen LogP contribution in [0, 0.1) is 6.92 Å². The van der Waals surface area contributed by atoms with Gasteiger partial charge in [0.05, 0.1) is 6.61 Å². The van der Waals surface area contributed by atoms with Crippen LogP contribution in [0.2, 0.25) is 0 Å². The van der Waals surface area contributed by atoms with E-state index in [4.69, 9.17) is 9.47 Å². The van der Waals surface area contributed by atoms with Crippen molar-refractivity contribution in [2.75, 3.05) is 19.7 Å². The first kappa shape index (κ1) is 20.8. The number of benzene rings is 1. The van der Waals surface area contributed by atoms with Crippen molar-refractivity contribution in [3.8, 4) is 5.75 Å². The van der Waals surface area contributed by atoms with Crippen LogP contribution in [0.4, 0.5) is 4.79 Å².